The lowest BCUT2D eigenvalue weighted by Crippen LogP contribution is -2.28. The zero-order valence-electron chi connectivity index (χ0n) is 16.7. The van der Waals surface area contributed by atoms with Crippen molar-refractivity contribution in [3.05, 3.63) is 71.1 Å². The Labute approximate surface area is 178 Å². The van der Waals surface area contributed by atoms with Crippen LogP contribution in [0.2, 0.25) is 5.15 Å². The Hall–Kier alpha value is -3.32. The average Bonchev–Trinajstić information content (AvgIpc) is 2.74. The van der Waals surface area contributed by atoms with E-state index in [1.807, 2.05) is 0 Å². The normalized spacial score (nSPS) is 10.4. The molecule has 1 amide bonds. The second-order valence-corrected chi connectivity index (χ2v) is 6.68. The van der Waals surface area contributed by atoms with E-state index in [0.717, 1.165) is 5.56 Å². The highest BCUT2D eigenvalue weighted by Gasteiger charge is 2.21. The van der Waals surface area contributed by atoms with Crippen molar-refractivity contribution >= 4 is 23.2 Å². The fourth-order valence-corrected chi connectivity index (χ4v) is 2.99. The Morgan fingerprint density at radius 1 is 1.03 bits per heavy atom. The third-order valence-corrected chi connectivity index (χ3v) is 4.53. The van der Waals surface area contributed by atoms with Gasteiger partial charge in [-0.25, -0.2) is 4.39 Å². The van der Waals surface area contributed by atoms with Crippen LogP contribution >= 0.6 is 11.6 Å². The lowest BCUT2D eigenvalue weighted by atomic mass is 10.1. The zero-order chi connectivity index (χ0) is 21.7. The smallest absolute Gasteiger partial charge is 0.244 e. The molecule has 0 aliphatic heterocycles. The number of ether oxygens (including phenoxy) is 3. The first-order chi connectivity index (χ1) is 14.4. The van der Waals surface area contributed by atoms with E-state index in [4.69, 9.17) is 25.8 Å². The predicted octanol–water partition coefficient (Wildman–Crippen LogP) is 5.24. The molecular weight excluding hydrogens is 411 g/mol. The monoisotopic (exact) mass is 430 g/mol. The number of hydrogen-bond donors (Lipinski definition) is 0. The van der Waals surface area contributed by atoms with Gasteiger partial charge in [-0.2, -0.15) is 4.98 Å². The Morgan fingerprint density at radius 2 is 1.73 bits per heavy atom. The average molecular weight is 431 g/mol. The minimum absolute atomic E-state index is 0.117. The van der Waals surface area contributed by atoms with Crippen molar-refractivity contribution in [2.75, 3.05) is 19.1 Å². The van der Waals surface area contributed by atoms with E-state index >= 15 is 0 Å². The molecule has 0 aliphatic carbocycles. The second kappa shape index (κ2) is 9.45. The van der Waals surface area contributed by atoms with Crippen molar-refractivity contribution in [3.63, 3.8) is 0 Å². The van der Waals surface area contributed by atoms with Crippen molar-refractivity contribution in [1.29, 1.82) is 0 Å². The number of hydrogen-bond acceptors (Lipinski definition) is 5. The summed E-state index contributed by atoms with van der Waals surface area (Å²) in [4.78, 5) is 18.2. The van der Waals surface area contributed by atoms with Crippen molar-refractivity contribution in [3.8, 4) is 23.1 Å². The SMILES string of the molecule is COc1ccc(OC)c(CN(C(C)=O)c2ccc(Cl)nc2Oc2ccc(F)cc2)c1. The van der Waals surface area contributed by atoms with Gasteiger partial charge < -0.3 is 19.1 Å². The van der Waals surface area contributed by atoms with E-state index in [0.29, 0.717) is 22.9 Å². The van der Waals surface area contributed by atoms with Crippen LogP contribution in [0.25, 0.3) is 0 Å². The maximum atomic E-state index is 13.2. The van der Waals surface area contributed by atoms with Crippen LogP contribution < -0.4 is 19.1 Å². The molecule has 0 unspecified atom stereocenters. The fourth-order valence-electron chi connectivity index (χ4n) is 2.85. The van der Waals surface area contributed by atoms with Gasteiger partial charge in [0, 0.05) is 12.5 Å². The van der Waals surface area contributed by atoms with Crippen LogP contribution in [0.3, 0.4) is 0 Å². The Bertz CT molecular complexity index is 1040. The molecule has 1 aromatic heterocycles. The highest BCUT2D eigenvalue weighted by atomic mass is 35.5. The van der Waals surface area contributed by atoms with Crippen molar-refractivity contribution in [1.82, 2.24) is 4.98 Å². The van der Waals surface area contributed by atoms with Gasteiger partial charge >= 0.3 is 0 Å². The number of aromatic nitrogens is 1. The topological polar surface area (TPSA) is 60.9 Å². The highest BCUT2D eigenvalue weighted by Crippen LogP contribution is 2.35. The molecule has 0 spiro atoms. The van der Waals surface area contributed by atoms with Crippen LogP contribution in [0.1, 0.15) is 12.5 Å². The molecule has 0 saturated heterocycles. The van der Waals surface area contributed by atoms with E-state index in [2.05, 4.69) is 4.98 Å². The van der Waals surface area contributed by atoms with Crippen LogP contribution in [0.15, 0.2) is 54.6 Å². The predicted molar refractivity (Wildman–Crippen MR) is 112 cm³/mol. The molecule has 0 fully saturated rings. The Morgan fingerprint density at radius 3 is 2.37 bits per heavy atom. The maximum absolute atomic E-state index is 13.2. The van der Waals surface area contributed by atoms with Crippen LogP contribution in [0, 0.1) is 5.82 Å². The van der Waals surface area contributed by atoms with E-state index < -0.39 is 5.82 Å². The van der Waals surface area contributed by atoms with Gasteiger partial charge in [0.05, 0.1) is 20.8 Å². The molecule has 0 atom stereocenters. The number of benzene rings is 2. The summed E-state index contributed by atoms with van der Waals surface area (Å²) < 4.78 is 29.7. The van der Waals surface area contributed by atoms with Crippen LogP contribution in [-0.4, -0.2) is 25.1 Å². The zero-order valence-corrected chi connectivity index (χ0v) is 17.4. The number of carbonyl (C=O) groups is 1. The molecule has 8 heteroatoms. The van der Waals surface area contributed by atoms with Crippen LogP contribution in [-0.2, 0) is 11.3 Å². The lowest BCUT2D eigenvalue weighted by molar-refractivity contribution is -0.116. The van der Waals surface area contributed by atoms with Gasteiger partial charge in [0.1, 0.15) is 33.9 Å². The van der Waals surface area contributed by atoms with Gasteiger partial charge in [0.2, 0.25) is 11.8 Å². The van der Waals surface area contributed by atoms with Crippen molar-refractivity contribution in [2.45, 2.75) is 13.5 Å². The first kappa shape index (κ1) is 21.4. The Kier molecular flexibility index (Phi) is 6.74. The summed E-state index contributed by atoms with van der Waals surface area (Å²) in [7, 11) is 3.11. The highest BCUT2D eigenvalue weighted by molar-refractivity contribution is 6.29. The molecular formula is C22H20ClFN2O4. The molecule has 0 radical (unpaired) electrons. The van der Waals surface area contributed by atoms with Gasteiger partial charge in [-0.05, 0) is 54.6 Å². The summed E-state index contributed by atoms with van der Waals surface area (Å²) in [6.45, 7) is 1.61. The van der Waals surface area contributed by atoms with E-state index in [1.54, 1.807) is 44.6 Å². The quantitative estimate of drug-likeness (QED) is 0.480. The Balaban J connectivity index is 2.00. The molecule has 0 aliphatic rings. The maximum Gasteiger partial charge on any atom is 0.244 e. The molecule has 30 heavy (non-hydrogen) atoms. The van der Waals surface area contributed by atoms with Crippen LogP contribution in [0.5, 0.6) is 23.1 Å². The largest absolute Gasteiger partial charge is 0.497 e. The summed E-state index contributed by atoms with van der Waals surface area (Å²) in [6.07, 6.45) is 0. The summed E-state index contributed by atoms with van der Waals surface area (Å²) in [6, 6.07) is 14.0. The van der Waals surface area contributed by atoms with Crippen molar-refractivity contribution < 1.29 is 23.4 Å². The van der Waals surface area contributed by atoms with Crippen molar-refractivity contribution in [2.24, 2.45) is 0 Å². The first-order valence-corrected chi connectivity index (χ1v) is 9.38. The molecule has 2 aromatic carbocycles. The van der Waals surface area contributed by atoms with Crippen LogP contribution in [0.4, 0.5) is 10.1 Å². The van der Waals surface area contributed by atoms with Gasteiger partial charge in [-0.1, -0.05) is 11.6 Å². The number of anilines is 1. The third-order valence-electron chi connectivity index (χ3n) is 4.32. The number of halogens is 2. The summed E-state index contributed by atoms with van der Waals surface area (Å²) >= 11 is 6.05. The minimum Gasteiger partial charge on any atom is -0.497 e. The molecule has 156 valence electrons. The number of rotatable bonds is 7. The van der Waals surface area contributed by atoms with E-state index in [1.165, 1.54) is 36.1 Å². The number of pyridine rings is 1. The number of nitrogens with zero attached hydrogens (tertiary/aromatic N) is 2. The van der Waals surface area contributed by atoms with Gasteiger partial charge in [-0.15, -0.1) is 0 Å². The van der Waals surface area contributed by atoms with Gasteiger partial charge in [0.25, 0.3) is 0 Å². The van der Waals surface area contributed by atoms with E-state index in [-0.39, 0.29) is 23.5 Å². The fraction of sp³-hybridized carbons (Fsp3) is 0.182. The molecule has 3 aromatic rings. The van der Waals surface area contributed by atoms with Gasteiger partial charge in [-0.3, -0.25) is 4.79 Å². The summed E-state index contributed by atoms with van der Waals surface area (Å²) in [5.41, 5.74) is 1.14. The molecule has 0 saturated carbocycles. The minimum atomic E-state index is -0.392. The van der Waals surface area contributed by atoms with Gasteiger partial charge in [0.15, 0.2) is 0 Å². The summed E-state index contributed by atoms with van der Waals surface area (Å²) in [5, 5.41) is 0.193. The summed E-state index contributed by atoms with van der Waals surface area (Å²) in [5.74, 6) is 1.07. The third kappa shape index (κ3) is 4.99. The first-order valence-electron chi connectivity index (χ1n) is 9.00. The second-order valence-electron chi connectivity index (χ2n) is 6.30. The molecule has 1 heterocycles. The number of amides is 1. The lowest BCUT2D eigenvalue weighted by Gasteiger charge is -2.24. The standard InChI is InChI=1S/C22H20ClFN2O4/c1-14(27)26(13-15-12-18(28-2)8-10-20(15)29-3)19-9-11-21(23)25-22(19)30-17-6-4-16(24)5-7-17/h4-12H,13H2,1-3H3. The molecule has 6 nitrogen and oxygen atoms in total. The number of carbonyl (C=O) groups excluding carboxylic acids is 1. The molecule has 0 N–H and O–H groups in total. The number of methoxy groups -OCH3 is 2. The molecule has 3 rings (SSSR count). The van der Waals surface area contributed by atoms with E-state index in [9.17, 15) is 9.18 Å². The molecule has 0 bridgehead atoms.